The van der Waals surface area contributed by atoms with Gasteiger partial charge in [-0.2, -0.15) is 0 Å². The first-order valence-corrected chi connectivity index (χ1v) is 5.36. The molecule has 1 N–H and O–H groups in total. The molecule has 0 atom stereocenters. The molecule has 0 saturated heterocycles. The normalized spacial score (nSPS) is 10.4. The standard InChI is InChI=1S/C12H19N2/c1-2-3-7-10-13-14-11-12-8-5-4-6-9-12/h4-6,8-9,13H,2-3,7,10-11H2,1H3/q+1. The molecule has 0 aliphatic heterocycles. The summed E-state index contributed by atoms with van der Waals surface area (Å²) in [6, 6.07) is 10.3. The van der Waals surface area contributed by atoms with Crippen molar-refractivity contribution in [3.05, 3.63) is 35.9 Å². The third-order valence-corrected chi connectivity index (χ3v) is 2.11. The lowest BCUT2D eigenvalue weighted by atomic mass is 10.2. The van der Waals surface area contributed by atoms with E-state index in [1.807, 2.05) is 18.2 Å². The third-order valence-electron chi connectivity index (χ3n) is 2.11. The molecule has 14 heavy (non-hydrogen) atoms. The molecule has 2 nitrogen and oxygen atoms in total. The molecule has 0 aliphatic rings. The highest BCUT2D eigenvalue weighted by molar-refractivity contribution is 5.13. The van der Waals surface area contributed by atoms with Crippen LogP contribution in [0.1, 0.15) is 31.7 Å². The number of hydrogen-bond acceptors (Lipinski definition) is 1. The van der Waals surface area contributed by atoms with E-state index in [0.717, 1.165) is 13.1 Å². The molecule has 2 radical (unpaired) electrons. The minimum Gasteiger partial charge on any atom is -0.0654 e. The Hall–Kier alpha value is -0.860. The monoisotopic (exact) mass is 191 g/mol. The van der Waals surface area contributed by atoms with Crippen molar-refractivity contribution < 1.29 is 0 Å². The van der Waals surface area contributed by atoms with Crippen molar-refractivity contribution in [2.24, 2.45) is 0 Å². The number of unbranched alkanes of at least 4 members (excludes halogenated alkanes) is 2. The van der Waals surface area contributed by atoms with Gasteiger partial charge in [0.25, 0.3) is 0 Å². The Balaban J connectivity index is 1.99. The number of benzene rings is 1. The Kier molecular flexibility index (Phi) is 6.04. The number of rotatable bonds is 7. The van der Waals surface area contributed by atoms with Crippen molar-refractivity contribution in [3.8, 4) is 0 Å². The summed E-state index contributed by atoms with van der Waals surface area (Å²) in [5.74, 6) is 0. The van der Waals surface area contributed by atoms with E-state index >= 15 is 0 Å². The SMILES string of the molecule is CCCCCN[N+]Cc1ccccc1. The van der Waals surface area contributed by atoms with E-state index < -0.39 is 0 Å². The van der Waals surface area contributed by atoms with Crippen LogP contribution in [0.3, 0.4) is 0 Å². The molecule has 76 valence electrons. The maximum Gasteiger partial charge on any atom is 0.237 e. The van der Waals surface area contributed by atoms with Crippen LogP contribution in [0.4, 0.5) is 0 Å². The number of nitrogens with one attached hydrogen (secondary N) is 1. The molecule has 0 bridgehead atoms. The first kappa shape index (κ1) is 11.2. The first-order chi connectivity index (χ1) is 6.93. The zero-order valence-corrected chi connectivity index (χ0v) is 8.87. The van der Waals surface area contributed by atoms with Crippen LogP contribution in [0.15, 0.2) is 30.3 Å². The van der Waals surface area contributed by atoms with Crippen LogP contribution in [0.5, 0.6) is 0 Å². The number of hydrogen-bond donors (Lipinski definition) is 1. The fraction of sp³-hybridized carbons (Fsp3) is 0.500. The summed E-state index contributed by atoms with van der Waals surface area (Å²) in [7, 11) is 0. The average molecular weight is 191 g/mol. The van der Waals surface area contributed by atoms with Gasteiger partial charge in [0, 0.05) is 5.56 Å². The lowest BCUT2D eigenvalue weighted by molar-refractivity contribution is 0.498. The van der Waals surface area contributed by atoms with E-state index in [1.54, 1.807) is 0 Å². The molecule has 0 amide bonds. The summed E-state index contributed by atoms with van der Waals surface area (Å²) in [4.78, 5) is 0. The third kappa shape index (κ3) is 5.00. The molecule has 1 aromatic carbocycles. The fourth-order valence-electron chi connectivity index (χ4n) is 1.26. The highest BCUT2D eigenvalue weighted by Gasteiger charge is 2.03. The van der Waals surface area contributed by atoms with Crippen molar-refractivity contribution in [3.63, 3.8) is 0 Å². The van der Waals surface area contributed by atoms with Gasteiger partial charge in [0.15, 0.2) is 5.43 Å². The number of nitrogens with zero attached hydrogens (tertiary/aromatic N) is 1. The van der Waals surface area contributed by atoms with Crippen LogP contribution >= 0.6 is 0 Å². The molecule has 2 heteroatoms. The van der Waals surface area contributed by atoms with Gasteiger partial charge in [0.2, 0.25) is 6.54 Å². The van der Waals surface area contributed by atoms with Gasteiger partial charge in [-0.15, -0.1) is 0 Å². The van der Waals surface area contributed by atoms with Gasteiger partial charge < -0.3 is 0 Å². The van der Waals surface area contributed by atoms with Crippen LogP contribution < -0.4 is 10.9 Å². The molecule has 0 heterocycles. The molecule has 0 aliphatic carbocycles. The van der Waals surface area contributed by atoms with Crippen LogP contribution in [-0.2, 0) is 6.54 Å². The van der Waals surface area contributed by atoms with Crippen molar-refractivity contribution in [2.45, 2.75) is 32.7 Å². The Bertz CT molecular complexity index is 221. The second kappa shape index (κ2) is 7.54. The van der Waals surface area contributed by atoms with Crippen molar-refractivity contribution in [1.29, 1.82) is 0 Å². The molecule has 0 spiro atoms. The Labute approximate surface area is 86.7 Å². The quantitative estimate of drug-likeness (QED) is 0.520. The maximum atomic E-state index is 4.26. The minimum absolute atomic E-state index is 0.771. The minimum atomic E-state index is 0.771. The van der Waals surface area contributed by atoms with Gasteiger partial charge in [-0.3, -0.25) is 0 Å². The van der Waals surface area contributed by atoms with Crippen molar-refractivity contribution in [2.75, 3.05) is 6.54 Å². The van der Waals surface area contributed by atoms with Crippen LogP contribution in [0.25, 0.3) is 0 Å². The summed E-state index contributed by atoms with van der Waals surface area (Å²) in [6.07, 6.45) is 3.77. The second-order valence-corrected chi connectivity index (χ2v) is 3.42. The van der Waals surface area contributed by atoms with E-state index in [0.29, 0.717) is 0 Å². The highest BCUT2D eigenvalue weighted by atomic mass is 15.3. The highest BCUT2D eigenvalue weighted by Crippen LogP contribution is 1.97. The summed E-state index contributed by atoms with van der Waals surface area (Å²) < 4.78 is 0. The van der Waals surface area contributed by atoms with E-state index in [-0.39, 0.29) is 0 Å². The van der Waals surface area contributed by atoms with E-state index in [1.165, 1.54) is 24.8 Å². The largest absolute Gasteiger partial charge is 0.237 e. The molecule has 1 aromatic rings. The predicted molar refractivity (Wildman–Crippen MR) is 59.8 cm³/mol. The smallest absolute Gasteiger partial charge is 0.0654 e. The average Bonchev–Trinajstić information content (AvgIpc) is 2.25. The van der Waals surface area contributed by atoms with Gasteiger partial charge in [-0.25, -0.2) is 0 Å². The van der Waals surface area contributed by atoms with Crippen molar-refractivity contribution >= 4 is 0 Å². The van der Waals surface area contributed by atoms with Crippen LogP contribution in [-0.4, -0.2) is 6.54 Å². The Morgan fingerprint density at radius 2 is 1.93 bits per heavy atom. The summed E-state index contributed by atoms with van der Waals surface area (Å²) in [6.45, 7) is 3.98. The van der Waals surface area contributed by atoms with Crippen LogP contribution in [0.2, 0.25) is 0 Å². The Morgan fingerprint density at radius 3 is 2.64 bits per heavy atom. The predicted octanol–water partition coefficient (Wildman–Crippen LogP) is 2.49. The summed E-state index contributed by atoms with van der Waals surface area (Å²) >= 11 is 0. The van der Waals surface area contributed by atoms with Gasteiger partial charge in [0.05, 0.1) is 6.54 Å². The van der Waals surface area contributed by atoms with Gasteiger partial charge >= 0.3 is 0 Å². The topological polar surface area (TPSA) is 26.1 Å². The Morgan fingerprint density at radius 1 is 1.14 bits per heavy atom. The summed E-state index contributed by atoms with van der Waals surface area (Å²) in [5, 5.41) is 0. The fourth-order valence-corrected chi connectivity index (χ4v) is 1.26. The van der Waals surface area contributed by atoms with Crippen molar-refractivity contribution in [1.82, 2.24) is 10.9 Å². The van der Waals surface area contributed by atoms with Gasteiger partial charge in [-0.1, -0.05) is 55.5 Å². The molecule has 0 fully saturated rings. The lowest BCUT2D eigenvalue weighted by Crippen LogP contribution is -2.25. The molecule has 1 rings (SSSR count). The first-order valence-electron chi connectivity index (χ1n) is 5.36. The molecule has 0 aromatic heterocycles. The van der Waals surface area contributed by atoms with Crippen LogP contribution in [0, 0.1) is 0 Å². The molecule has 0 saturated carbocycles. The zero-order chi connectivity index (χ0) is 10.1. The van der Waals surface area contributed by atoms with E-state index in [9.17, 15) is 0 Å². The van der Waals surface area contributed by atoms with Gasteiger partial charge in [-0.05, 0) is 6.42 Å². The van der Waals surface area contributed by atoms with Gasteiger partial charge in [0.1, 0.15) is 0 Å². The van der Waals surface area contributed by atoms with E-state index in [2.05, 4.69) is 29.9 Å². The molecule has 0 unspecified atom stereocenters. The molecular formula is C12H19N2+. The second-order valence-electron chi connectivity index (χ2n) is 3.42. The summed E-state index contributed by atoms with van der Waals surface area (Å²) in [5.41, 5.74) is 8.62. The maximum absolute atomic E-state index is 4.26. The van der Waals surface area contributed by atoms with E-state index in [4.69, 9.17) is 0 Å². The molecular weight excluding hydrogens is 172 g/mol. The lowest BCUT2D eigenvalue weighted by Gasteiger charge is -1.93. The zero-order valence-electron chi connectivity index (χ0n) is 8.87.